The van der Waals surface area contributed by atoms with Crippen LogP contribution in [0.25, 0.3) is 11.0 Å². The summed E-state index contributed by atoms with van der Waals surface area (Å²) >= 11 is 0. The highest BCUT2D eigenvalue weighted by atomic mass is 15.2. The van der Waals surface area contributed by atoms with Crippen LogP contribution in [0.3, 0.4) is 0 Å². The van der Waals surface area contributed by atoms with E-state index < -0.39 is 0 Å². The van der Waals surface area contributed by atoms with Crippen molar-refractivity contribution in [3.63, 3.8) is 0 Å². The van der Waals surface area contributed by atoms with Crippen molar-refractivity contribution in [2.24, 2.45) is 7.05 Å². The largest absolute Gasteiger partial charge is 0.369 e. The molecule has 4 aromatic rings. The Morgan fingerprint density at radius 3 is 2.32 bits per heavy atom. The maximum Gasteiger partial charge on any atom is 0.154 e. The van der Waals surface area contributed by atoms with Gasteiger partial charge < -0.3 is 19.7 Å². The molecule has 0 amide bonds. The Labute approximate surface area is 202 Å². The van der Waals surface area contributed by atoms with E-state index in [4.69, 9.17) is 9.97 Å². The van der Waals surface area contributed by atoms with Crippen molar-refractivity contribution in [1.29, 1.82) is 0 Å². The van der Waals surface area contributed by atoms with Gasteiger partial charge in [0.25, 0.3) is 0 Å². The number of fused-ring (bicyclic) bond motifs is 1. The Hall–Kier alpha value is -3.38. The molecule has 0 atom stereocenters. The van der Waals surface area contributed by atoms with Crippen LogP contribution in [-0.2, 0) is 26.4 Å². The smallest absolute Gasteiger partial charge is 0.154 e. The van der Waals surface area contributed by atoms with E-state index in [9.17, 15) is 0 Å². The third-order valence-corrected chi connectivity index (χ3v) is 6.88. The number of benzene rings is 2. The van der Waals surface area contributed by atoms with E-state index in [2.05, 4.69) is 94.4 Å². The average Bonchev–Trinajstić information content (AvgIpc) is 3.24. The summed E-state index contributed by atoms with van der Waals surface area (Å²) in [5.41, 5.74) is 7.24. The van der Waals surface area contributed by atoms with Gasteiger partial charge in [-0.15, -0.1) is 0 Å². The van der Waals surface area contributed by atoms with E-state index >= 15 is 0 Å². The number of nitrogens with one attached hydrogen (secondary N) is 1. The molecule has 0 radical (unpaired) electrons. The van der Waals surface area contributed by atoms with Gasteiger partial charge in [0.2, 0.25) is 0 Å². The molecule has 1 aliphatic heterocycles. The van der Waals surface area contributed by atoms with Gasteiger partial charge in [0.1, 0.15) is 11.3 Å². The van der Waals surface area contributed by atoms with Crippen LogP contribution in [0.1, 0.15) is 29.4 Å². The van der Waals surface area contributed by atoms with Gasteiger partial charge >= 0.3 is 0 Å². The molecule has 1 aliphatic rings. The highest BCUT2D eigenvalue weighted by molar-refractivity contribution is 5.86. The van der Waals surface area contributed by atoms with Crippen molar-refractivity contribution in [1.82, 2.24) is 19.4 Å². The summed E-state index contributed by atoms with van der Waals surface area (Å²) in [5, 5.41) is 3.60. The SMILES string of the molecule is CCc1ccccc1CNc1nc(Cc2ccc(N3CCN(C)CC3)cc2)nc2ccn(C)c12. The Bertz CT molecular complexity index is 1250. The zero-order chi connectivity index (χ0) is 23.5. The molecule has 3 heterocycles. The molecule has 1 saturated heterocycles. The molecule has 6 heteroatoms. The normalized spacial score (nSPS) is 14.6. The van der Waals surface area contributed by atoms with E-state index in [0.29, 0.717) is 6.42 Å². The molecular formula is C28H34N6. The van der Waals surface area contributed by atoms with Crippen LogP contribution in [0.4, 0.5) is 11.5 Å². The summed E-state index contributed by atoms with van der Waals surface area (Å²) in [5.74, 6) is 1.74. The van der Waals surface area contributed by atoms with E-state index in [0.717, 1.165) is 61.8 Å². The van der Waals surface area contributed by atoms with Gasteiger partial charge in [-0.3, -0.25) is 0 Å². The minimum atomic E-state index is 0.716. The minimum Gasteiger partial charge on any atom is -0.369 e. The first kappa shape index (κ1) is 22.4. The standard InChI is InChI=1S/C28H34N6/c1-4-22-7-5-6-8-23(22)20-29-28-27-25(13-14-33(27)3)30-26(31-28)19-21-9-11-24(12-10-21)34-17-15-32(2)16-18-34/h5-14H,4,15-20H2,1-3H3,(H,29,30,31). The van der Waals surface area contributed by atoms with Crippen LogP contribution < -0.4 is 10.2 Å². The lowest BCUT2D eigenvalue weighted by Crippen LogP contribution is -2.44. The number of hydrogen-bond donors (Lipinski definition) is 1. The number of aromatic nitrogens is 3. The molecule has 176 valence electrons. The van der Waals surface area contributed by atoms with Gasteiger partial charge in [0.05, 0.1) is 5.52 Å². The highest BCUT2D eigenvalue weighted by Crippen LogP contribution is 2.24. The first-order valence-corrected chi connectivity index (χ1v) is 12.3. The molecular weight excluding hydrogens is 420 g/mol. The van der Waals surface area contributed by atoms with Crippen LogP contribution in [0.2, 0.25) is 0 Å². The number of nitrogens with zero attached hydrogens (tertiary/aromatic N) is 5. The summed E-state index contributed by atoms with van der Waals surface area (Å²) in [6, 6.07) is 19.6. The van der Waals surface area contributed by atoms with E-state index in [1.165, 1.54) is 22.4 Å². The number of aryl methyl sites for hydroxylation is 2. The second-order valence-electron chi connectivity index (χ2n) is 9.26. The van der Waals surface area contributed by atoms with Gasteiger partial charge in [-0.1, -0.05) is 43.3 Å². The Morgan fingerprint density at radius 2 is 1.59 bits per heavy atom. The van der Waals surface area contributed by atoms with Gasteiger partial charge in [-0.05, 0) is 48.4 Å². The van der Waals surface area contributed by atoms with Crippen LogP contribution in [-0.4, -0.2) is 52.7 Å². The van der Waals surface area contributed by atoms with Gasteiger partial charge in [0.15, 0.2) is 5.82 Å². The number of rotatable bonds is 7. The third kappa shape index (κ3) is 4.77. The molecule has 1 fully saturated rings. The lowest BCUT2D eigenvalue weighted by Gasteiger charge is -2.34. The third-order valence-electron chi connectivity index (χ3n) is 6.88. The number of piperazine rings is 1. The molecule has 6 nitrogen and oxygen atoms in total. The minimum absolute atomic E-state index is 0.716. The van der Waals surface area contributed by atoms with Crippen molar-refractivity contribution in [2.45, 2.75) is 26.3 Å². The molecule has 2 aromatic carbocycles. The number of likely N-dealkylation sites (N-methyl/N-ethyl adjacent to an activating group) is 1. The van der Waals surface area contributed by atoms with Crippen LogP contribution in [0, 0.1) is 0 Å². The van der Waals surface area contributed by atoms with E-state index in [1.54, 1.807) is 0 Å². The second kappa shape index (κ2) is 9.85. The molecule has 0 aliphatic carbocycles. The Kier molecular flexibility index (Phi) is 6.50. The average molecular weight is 455 g/mol. The molecule has 0 spiro atoms. The number of hydrogen-bond acceptors (Lipinski definition) is 5. The van der Waals surface area contributed by atoms with E-state index in [1.807, 2.05) is 7.05 Å². The van der Waals surface area contributed by atoms with Gasteiger partial charge in [0, 0.05) is 58.1 Å². The fraction of sp³-hybridized carbons (Fsp3) is 0.357. The predicted molar refractivity (Wildman–Crippen MR) is 141 cm³/mol. The summed E-state index contributed by atoms with van der Waals surface area (Å²) in [6.45, 7) is 7.35. The molecule has 34 heavy (non-hydrogen) atoms. The maximum absolute atomic E-state index is 4.96. The lowest BCUT2D eigenvalue weighted by atomic mass is 10.1. The van der Waals surface area contributed by atoms with Gasteiger partial charge in [-0.25, -0.2) is 9.97 Å². The molecule has 0 saturated carbocycles. The van der Waals surface area contributed by atoms with Crippen LogP contribution >= 0.6 is 0 Å². The topological polar surface area (TPSA) is 49.2 Å². The van der Waals surface area contributed by atoms with Gasteiger partial charge in [-0.2, -0.15) is 0 Å². The zero-order valence-corrected chi connectivity index (χ0v) is 20.5. The summed E-state index contributed by atoms with van der Waals surface area (Å²) < 4.78 is 2.10. The molecule has 0 unspecified atom stereocenters. The first-order valence-electron chi connectivity index (χ1n) is 12.3. The first-order chi connectivity index (χ1) is 16.6. The van der Waals surface area contributed by atoms with Crippen LogP contribution in [0.15, 0.2) is 60.8 Å². The molecule has 1 N–H and O–H groups in total. The van der Waals surface area contributed by atoms with Crippen LogP contribution in [0.5, 0.6) is 0 Å². The summed E-state index contributed by atoms with van der Waals surface area (Å²) in [7, 11) is 4.24. The molecule has 0 bridgehead atoms. The fourth-order valence-corrected chi connectivity index (χ4v) is 4.77. The Morgan fingerprint density at radius 1 is 0.853 bits per heavy atom. The Balaban J connectivity index is 1.35. The summed E-state index contributed by atoms with van der Waals surface area (Å²) in [4.78, 5) is 14.7. The molecule has 5 rings (SSSR count). The second-order valence-corrected chi connectivity index (χ2v) is 9.26. The number of anilines is 2. The molecule has 2 aromatic heterocycles. The van der Waals surface area contributed by atoms with Crippen molar-refractivity contribution in [2.75, 3.05) is 43.4 Å². The zero-order valence-electron chi connectivity index (χ0n) is 20.5. The van der Waals surface area contributed by atoms with Crippen molar-refractivity contribution < 1.29 is 0 Å². The predicted octanol–water partition coefficient (Wildman–Crippen LogP) is 4.49. The van der Waals surface area contributed by atoms with Crippen molar-refractivity contribution in [3.05, 3.63) is 83.3 Å². The highest BCUT2D eigenvalue weighted by Gasteiger charge is 2.15. The summed E-state index contributed by atoms with van der Waals surface area (Å²) in [6.07, 6.45) is 3.80. The van der Waals surface area contributed by atoms with Crippen molar-refractivity contribution in [3.8, 4) is 0 Å². The van der Waals surface area contributed by atoms with Crippen molar-refractivity contribution >= 4 is 22.5 Å². The monoisotopic (exact) mass is 454 g/mol. The lowest BCUT2D eigenvalue weighted by molar-refractivity contribution is 0.313. The maximum atomic E-state index is 4.96. The van der Waals surface area contributed by atoms with E-state index in [-0.39, 0.29) is 0 Å². The quantitative estimate of drug-likeness (QED) is 0.446. The fourth-order valence-electron chi connectivity index (χ4n) is 4.77.